The summed E-state index contributed by atoms with van der Waals surface area (Å²) in [7, 11) is 0. The van der Waals surface area contributed by atoms with Gasteiger partial charge in [0.15, 0.2) is 0 Å². The molecule has 0 bridgehead atoms. The maximum atomic E-state index is 10.2. The molecule has 0 aromatic heterocycles. The molecule has 1 aromatic carbocycles. The summed E-state index contributed by atoms with van der Waals surface area (Å²) >= 11 is 2.20. The van der Waals surface area contributed by atoms with Gasteiger partial charge in [-0.1, -0.05) is 0 Å². The van der Waals surface area contributed by atoms with E-state index in [2.05, 4.69) is 22.6 Å². The van der Waals surface area contributed by atoms with Crippen LogP contribution >= 0.6 is 22.6 Å². The van der Waals surface area contributed by atoms with Gasteiger partial charge in [-0.15, -0.1) is 0 Å². The number of carbonyl (C=O) groups excluding carboxylic acids is 1. The number of benzene rings is 1. The second-order valence-corrected chi connectivity index (χ2v) is 4.18. The monoisotopic (exact) mass is 290 g/mol. The van der Waals surface area contributed by atoms with E-state index in [0.717, 1.165) is 21.0 Å². The highest BCUT2D eigenvalue weighted by Gasteiger charge is 2.05. The van der Waals surface area contributed by atoms with Crippen LogP contribution in [0.15, 0.2) is 12.1 Å². The second-order valence-electron chi connectivity index (χ2n) is 2.94. The van der Waals surface area contributed by atoms with E-state index in [9.17, 15) is 9.90 Å². The van der Waals surface area contributed by atoms with Gasteiger partial charge in [-0.05, 0) is 59.2 Å². The van der Waals surface area contributed by atoms with Crippen LogP contribution < -0.4 is 0 Å². The van der Waals surface area contributed by atoms with E-state index >= 15 is 0 Å². The van der Waals surface area contributed by atoms with E-state index in [-0.39, 0.29) is 0 Å². The molecule has 0 saturated heterocycles. The minimum Gasteiger partial charge on any atom is -0.507 e. The zero-order chi connectivity index (χ0) is 9.84. The lowest BCUT2D eigenvalue weighted by Crippen LogP contribution is -1.90. The fourth-order valence-corrected chi connectivity index (χ4v) is 2.05. The third-order valence-corrected chi connectivity index (χ3v) is 2.50. The molecule has 0 heterocycles. The Hall–Kier alpha value is -0.580. The molecule has 13 heavy (non-hydrogen) atoms. The van der Waals surface area contributed by atoms with Gasteiger partial charge in [-0.3, -0.25) is 0 Å². The lowest BCUT2D eigenvalue weighted by molar-refractivity contribution is -0.107. The van der Waals surface area contributed by atoms with E-state index < -0.39 is 0 Å². The first-order chi connectivity index (χ1) is 6.15. The number of hydrogen-bond acceptors (Lipinski definition) is 2. The molecule has 0 unspecified atom stereocenters. The summed E-state index contributed by atoms with van der Waals surface area (Å²) in [6.45, 7) is 1.86. The smallest absolute Gasteiger partial charge is 0.121 e. The fraction of sp³-hybridized carbons (Fsp3) is 0.300. The molecule has 0 radical (unpaired) electrons. The van der Waals surface area contributed by atoms with Crippen LogP contribution in [0.4, 0.5) is 0 Å². The van der Waals surface area contributed by atoms with Crippen LogP contribution in [0.3, 0.4) is 0 Å². The fourth-order valence-electron chi connectivity index (χ4n) is 1.21. The average molecular weight is 290 g/mol. The Kier molecular flexibility index (Phi) is 3.71. The molecule has 1 N–H and O–H groups in total. The molecule has 0 atom stereocenters. The van der Waals surface area contributed by atoms with E-state index in [1.54, 1.807) is 0 Å². The first-order valence-corrected chi connectivity index (χ1v) is 5.14. The van der Waals surface area contributed by atoms with Gasteiger partial charge >= 0.3 is 0 Å². The Morgan fingerprint density at radius 1 is 1.54 bits per heavy atom. The lowest BCUT2D eigenvalue weighted by Gasteiger charge is -2.06. The number of hydrogen-bond donors (Lipinski definition) is 1. The highest BCUT2D eigenvalue weighted by Crippen LogP contribution is 2.25. The van der Waals surface area contributed by atoms with Gasteiger partial charge in [0.1, 0.15) is 12.0 Å². The van der Waals surface area contributed by atoms with Crippen LogP contribution in [0.5, 0.6) is 5.75 Å². The van der Waals surface area contributed by atoms with Crippen molar-refractivity contribution in [3.63, 3.8) is 0 Å². The molecular formula is C10H11IO2. The van der Waals surface area contributed by atoms with Gasteiger partial charge in [0.25, 0.3) is 0 Å². The van der Waals surface area contributed by atoms with Gasteiger partial charge in [0.2, 0.25) is 0 Å². The van der Waals surface area contributed by atoms with Crippen molar-refractivity contribution in [1.82, 2.24) is 0 Å². The van der Waals surface area contributed by atoms with Crippen molar-refractivity contribution in [2.24, 2.45) is 0 Å². The molecular weight excluding hydrogens is 279 g/mol. The number of aromatic hydroxyl groups is 1. The standard InChI is InChI=1S/C10H11IO2/c1-7-5-9(11)6-8(10(7)13)3-2-4-12/h4-6,13H,2-3H2,1H3. The number of rotatable bonds is 3. The molecule has 0 aliphatic heterocycles. The molecule has 70 valence electrons. The first kappa shape index (κ1) is 10.5. The van der Waals surface area contributed by atoms with Crippen molar-refractivity contribution < 1.29 is 9.90 Å². The summed E-state index contributed by atoms with van der Waals surface area (Å²) in [5.41, 5.74) is 1.73. The van der Waals surface area contributed by atoms with E-state index in [4.69, 9.17) is 0 Å². The molecule has 0 saturated carbocycles. The molecule has 0 amide bonds. The minimum atomic E-state index is 0.322. The Balaban J connectivity index is 2.98. The number of aryl methyl sites for hydroxylation is 2. The molecule has 0 spiro atoms. The molecule has 2 nitrogen and oxygen atoms in total. The van der Waals surface area contributed by atoms with Crippen LogP contribution in [-0.2, 0) is 11.2 Å². The molecule has 0 aliphatic rings. The quantitative estimate of drug-likeness (QED) is 0.686. The maximum Gasteiger partial charge on any atom is 0.121 e. The highest BCUT2D eigenvalue weighted by molar-refractivity contribution is 14.1. The summed E-state index contributed by atoms with van der Waals surface area (Å²) in [4.78, 5) is 10.2. The number of carbonyl (C=O) groups is 1. The molecule has 1 rings (SSSR count). The summed E-state index contributed by atoms with van der Waals surface area (Å²) in [5, 5.41) is 9.63. The number of phenolic OH excluding ortho intramolecular Hbond substituents is 1. The van der Waals surface area contributed by atoms with Gasteiger partial charge in [0.05, 0.1) is 0 Å². The predicted molar refractivity (Wildman–Crippen MR) is 59.9 cm³/mol. The van der Waals surface area contributed by atoms with Crippen molar-refractivity contribution in [2.45, 2.75) is 19.8 Å². The summed E-state index contributed by atoms with van der Waals surface area (Å²) in [6, 6.07) is 3.83. The minimum absolute atomic E-state index is 0.322. The zero-order valence-corrected chi connectivity index (χ0v) is 9.54. The lowest BCUT2D eigenvalue weighted by atomic mass is 10.1. The number of aldehydes is 1. The normalized spacial score (nSPS) is 10.0. The molecule has 1 aromatic rings. The number of phenols is 1. The van der Waals surface area contributed by atoms with Crippen LogP contribution in [-0.4, -0.2) is 11.4 Å². The van der Waals surface area contributed by atoms with Crippen LogP contribution in [0, 0.1) is 10.5 Å². The maximum absolute atomic E-state index is 10.2. The van der Waals surface area contributed by atoms with Crippen LogP contribution in [0.1, 0.15) is 17.5 Å². The topological polar surface area (TPSA) is 37.3 Å². The zero-order valence-electron chi connectivity index (χ0n) is 7.38. The van der Waals surface area contributed by atoms with Gasteiger partial charge in [-0.2, -0.15) is 0 Å². The van der Waals surface area contributed by atoms with Crippen molar-refractivity contribution in [1.29, 1.82) is 0 Å². The Morgan fingerprint density at radius 3 is 2.85 bits per heavy atom. The van der Waals surface area contributed by atoms with E-state index in [1.807, 2.05) is 19.1 Å². The third-order valence-electron chi connectivity index (χ3n) is 1.88. The summed E-state index contributed by atoms with van der Waals surface area (Å²) in [6.07, 6.45) is 1.95. The Labute approximate surface area is 91.1 Å². The van der Waals surface area contributed by atoms with Crippen molar-refractivity contribution >= 4 is 28.9 Å². The van der Waals surface area contributed by atoms with Crippen molar-refractivity contribution in [3.8, 4) is 5.75 Å². The summed E-state index contributed by atoms with van der Waals surface area (Å²) < 4.78 is 1.09. The Morgan fingerprint density at radius 2 is 2.23 bits per heavy atom. The SMILES string of the molecule is Cc1cc(I)cc(CCC=O)c1O. The van der Waals surface area contributed by atoms with Crippen molar-refractivity contribution in [3.05, 3.63) is 26.8 Å². The highest BCUT2D eigenvalue weighted by atomic mass is 127. The van der Waals surface area contributed by atoms with Crippen LogP contribution in [0.25, 0.3) is 0 Å². The second kappa shape index (κ2) is 4.60. The number of halogens is 1. The molecule has 0 aliphatic carbocycles. The predicted octanol–water partition coefficient (Wildman–Crippen LogP) is 2.44. The van der Waals surface area contributed by atoms with Gasteiger partial charge in [0, 0.05) is 9.99 Å². The Bertz CT molecular complexity index is 321. The van der Waals surface area contributed by atoms with Crippen LogP contribution in [0.2, 0.25) is 0 Å². The average Bonchev–Trinajstić information content (AvgIpc) is 2.09. The largest absolute Gasteiger partial charge is 0.507 e. The van der Waals surface area contributed by atoms with E-state index in [1.165, 1.54) is 0 Å². The van der Waals surface area contributed by atoms with Gasteiger partial charge < -0.3 is 9.90 Å². The van der Waals surface area contributed by atoms with E-state index in [0.29, 0.717) is 18.6 Å². The van der Waals surface area contributed by atoms with Crippen molar-refractivity contribution in [2.75, 3.05) is 0 Å². The molecule has 3 heteroatoms. The third kappa shape index (κ3) is 2.69. The van der Waals surface area contributed by atoms with Gasteiger partial charge in [-0.25, -0.2) is 0 Å². The first-order valence-electron chi connectivity index (χ1n) is 4.06. The molecule has 0 fully saturated rings. The summed E-state index contributed by atoms with van der Waals surface area (Å²) in [5.74, 6) is 0.322.